The van der Waals surface area contributed by atoms with Gasteiger partial charge in [0.05, 0.1) is 17.4 Å². The lowest BCUT2D eigenvalue weighted by Crippen LogP contribution is -2.35. The molecule has 0 fully saturated rings. The quantitative estimate of drug-likeness (QED) is 0.589. The molecular weight excluding hydrogens is 303 g/mol. The molecule has 1 rings (SSSR count). The number of anilines is 1. The van der Waals surface area contributed by atoms with Crippen molar-refractivity contribution in [2.75, 3.05) is 16.2 Å². The second kappa shape index (κ2) is 4.74. The highest BCUT2D eigenvalue weighted by Crippen LogP contribution is 2.28. The molecule has 106 valence electrons. The zero-order chi connectivity index (χ0) is 15.0. The number of sulfonamides is 2. The SMILES string of the molecule is CS(=O)(=O)N(c1cc([N+](=O)[O-])ccc1F)S(C)(=O)=O. The number of benzene rings is 1. The highest BCUT2D eigenvalue weighted by Gasteiger charge is 2.31. The van der Waals surface area contributed by atoms with E-state index in [0.29, 0.717) is 24.6 Å². The fourth-order valence-electron chi connectivity index (χ4n) is 1.36. The number of nitro benzene ring substituents is 1. The summed E-state index contributed by atoms with van der Waals surface area (Å²) in [7, 11) is -8.72. The Bertz CT molecular complexity index is 696. The van der Waals surface area contributed by atoms with Crippen LogP contribution in [0.5, 0.6) is 0 Å². The Labute approximate surface area is 108 Å². The Morgan fingerprint density at radius 3 is 2.00 bits per heavy atom. The average molecular weight is 312 g/mol. The highest BCUT2D eigenvalue weighted by atomic mass is 32.3. The van der Waals surface area contributed by atoms with Crippen molar-refractivity contribution in [2.45, 2.75) is 0 Å². The van der Waals surface area contributed by atoms with Crippen molar-refractivity contribution < 1.29 is 26.1 Å². The van der Waals surface area contributed by atoms with Gasteiger partial charge in [-0.05, 0) is 6.07 Å². The van der Waals surface area contributed by atoms with Gasteiger partial charge in [-0.2, -0.15) is 3.71 Å². The third-order valence-electron chi connectivity index (χ3n) is 1.94. The molecule has 0 radical (unpaired) electrons. The third kappa shape index (κ3) is 3.38. The van der Waals surface area contributed by atoms with Crippen molar-refractivity contribution in [3.8, 4) is 0 Å². The minimum absolute atomic E-state index is 0.192. The highest BCUT2D eigenvalue weighted by molar-refractivity contribution is 8.09. The van der Waals surface area contributed by atoms with Crippen molar-refractivity contribution in [3.05, 3.63) is 34.1 Å². The standard InChI is InChI=1S/C8H9FN2O6S2/c1-18(14,15)11(19(2,16)17)8-5-6(10(12)13)3-4-7(8)9/h3-5H,1-2H3. The summed E-state index contributed by atoms with van der Waals surface area (Å²) in [4.78, 5) is 9.65. The lowest BCUT2D eigenvalue weighted by Gasteiger charge is -2.19. The fraction of sp³-hybridized carbons (Fsp3) is 0.250. The van der Waals surface area contributed by atoms with E-state index < -0.39 is 42.2 Å². The van der Waals surface area contributed by atoms with Gasteiger partial charge in [-0.15, -0.1) is 0 Å². The first-order valence-electron chi connectivity index (χ1n) is 4.59. The van der Waals surface area contributed by atoms with E-state index in [1.54, 1.807) is 0 Å². The summed E-state index contributed by atoms with van der Waals surface area (Å²) in [6, 6.07) is 1.95. The van der Waals surface area contributed by atoms with E-state index in [1.165, 1.54) is 0 Å². The molecule has 0 saturated heterocycles. The number of nitrogens with zero attached hydrogens (tertiary/aromatic N) is 2. The van der Waals surface area contributed by atoms with Crippen molar-refractivity contribution in [3.63, 3.8) is 0 Å². The molecule has 0 aromatic heterocycles. The predicted octanol–water partition coefficient (Wildman–Crippen LogP) is 0.460. The lowest BCUT2D eigenvalue weighted by atomic mass is 10.3. The summed E-state index contributed by atoms with van der Waals surface area (Å²) in [5.41, 5.74) is -1.55. The summed E-state index contributed by atoms with van der Waals surface area (Å²) >= 11 is 0. The van der Waals surface area contributed by atoms with E-state index in [1.807, 2.05) is 0 Å². The number of nitro groups is 1. The van der Waals surface area contributed by atoms with Gasteiger partial charge in [0.2, 0.25) is 20.0 Å². The molecule has 0 spiro atoms. The van der Waals surface area contributed by atoms with Crippen LogP contribution < -0.4 is 3.71 Å². The van der Waals surface area contributed by atoms with Crippen LogP contribution in [0.25, 0.3) is 0 Å². The van der Waals surface area contributed by atoms with E-state index in [-0.39, 0.29) is 3.71 Å². The first kappa shape index (κ1) is 15.3. The largest absolute Gasteiger partial charge is 0.271 e. The van der Waals surface area contributed by atoms with Crippen LogP contribution in [0.3, 0.4) is 0 Å². The van der Waals surface area contributed by atoms with E-state index in [4.69, 9.17) is 0 Å². The van der Waals surface area contributed by atoms with Crippen LogP contribution in [0, 0.1) is 15.9 Å². The van der Waals surface area contributed by atoms with E-state index in [9.17, 15) is 31.3 Å². The molecule has 0 unspecified atom stereocenters. The van der Waals surface area contributed by atoms with Crippen molar-refractivity contribution in [2.24, 2.45) is 0 Å². The second-order valence-electron chi connectivity index (χ2n) is 3.62. The summed E-state index contributed by atoms with van der Waals surface area (Å²) in [5.74, 6) is -1.21. The Morgan fingerprint density at radius 2 is 1.63 bits per heavy atom. The molecule has 0 saturated carbocycles. The molecule has 0 aliphatic carbocycles. The number of hydrogen-bond donors (Lipinski definition) is 0. The molecule has 0 aliphatic rings. The van der Waals surface area contributed by atoms with E-state index in [0.717, 1.165) is 6.07 Å². The Morgan fingerprint density at radius 1 is 1.16 bits per heavy atom. The number of hydrogen-bond acceptors (Lipinski definition) is 6. The first-order chi connectivity index (χ1) is 8.44. The molecular formula is C8H9FN2O6S2. The number of non-ortho nitro benzene ring substituents is 1. The average Bonchev–Trinajstić information content (AvgIpc) is 2.16. The molecule has 11 heteroatoms. The van der Waals surface area contributed by atoms with Gasteiger partial charge in [0.15, 0.2) is 0 Å². The van der Waals surface area contributed by atoms with Gasteiger partial charge in [-0.3, -0.25) is 10.1 Å². The molecule has 8 nitrogen and oxygen atoms in total. The van der Waals surface area contributed by atoms with E-state index >= 15 is 0 Å². The fourth-order valence-corrected chi connectivity index (χ4v) is 4.32. The normalized spacial score (nSPS) is 12.2. The molecule has 0 bridgehead atoms. The summed E-state index contributed by atoms with van der Waals surface area (Å²) in [6.07, 6.45) is 1.10. The molecule has 0 heterocycles. The summed E-state index contributed by atoms with van der Waals surface area (Å²) in [5, 5.41) is 10.6. The Balaban J connectivity index is 3.66. The topological polar surface area (TPSA) is 115 Å². The monoisotopic (exact) mass is 312 g/mol. The first-order valence-corrected chi connectivity index (χ1v) is 8.28. The van der Waals surface area contributed by atoms with Gasteiger partial charge in [0.25, 0.3) is 5.69 Å². The van der Waals surface area contributed by atoms with Crippen LogP contribution in [-0.4, -0.2) is 34.3 Å². The molecule has 1 aromatic rings. The maximum Gasteiger partial charge on any atom is 0.271 e. The van der Waals surface area contributed by atoms with Crippen LogP contribution in [-0.2, 0) is 20.0 Å². The smallest absolute Gasteiger partial charge is 0.258 e. The molecule has 0 amide bonds. The molecule has 1 aromatic carbocycles. The minimum atomic E-state index is -4.36. The minimum Gasteiger partial charge on any atom is -0.258 e. The zero-order valence-corrected chi connectivity index (χ0v) is 11.4. The Kier molecular flexibility index (Phi) is 3.82. The van der Waals surface area contributed by atoms with Crippen molar-refractivity contribution in [1.29, 1.82) is 0 Å². The number of rotatable bonds is 4. The van der Waals surface area contributed by atoms with Crippen LogP contribution in [0.2, 0.25) is 0 Å². The van der Waals surface area contributed by atoms with Gasteiger partial charge in [-0.1, -0.05) is 0 Å². The molecule has 0 N–H and O–H groups in total. The maximum absolute atomic E-state index is 13.6. The van der Waals surface area contributed by atoms with Gasteiger partial charge in [-0.25, -0.2) is 21.2 Å². The van der Waals surface area contributed by atoms with Crippen LogP contribution in [0.15, 0.2) is 18.2 Å². The van der Waals surface area contributed by atoms with Crippen LogP contribution in [0.4, 0.5) is 15.8 Å². The second-order valence-corrected chi connectivity index (χ2v) is 7.51. The summed E-state index contributed by atoms with van der Waals surface area (Å²) < 4.78 is 59.0. The van der Waals surface area contributed by atoms with Gasteiger partial charge >= 0.3 is 0 Å². The predicted molar refractivity (Wildman–Crippen MR) is 65.2 cm³/mol. The number of halogens is 1. The van der Waals surface area contributed by atoms with Crippen LogP contribution in [0.1, 0.15) is 0 Å². The molecule has 0 atom stereocenters. The maximum atomic E-state index is 13.6. The third-order valence-corrected chi connectivity index (χ3v) is 5.16. The van der Waals surface area contributed by atoms with E-state index in [2.05, 4.69) is 0 Å². The van der Waals surface area contributed by atoms with Gasteiger partial charge < -0.3 is 0 Å². The van der Waals surface area contributed by atoms with Crippen molar-refractivity contribution in [1.82, 2.24) is 0 Å². The van der Waals surface area contributed by atoms with Gasteiger partial charge in [0, 0.05) is 12.1 Å². The Hall–Kier alpha value is -1.75. The van der Waals surface area contributed by atoms with Gasteiger partial charge in [0.1, 0.15) is 11.5 Å². The van der Waals surface area contributed by atoms with Crippen molar-refractivity contribution >= 4 is 31.4 Å². The molecule has 19 heavy (non-hydrogen) atoms. The molecule has 0 aliphatic heterocycles. The van der Waals surface area contributed by atoms with Crippen LogP contribution >= 0.6 is 0 Å². The lowest BCUT2D eigenvalue weighted by molar-refractivity contribution is -0.384. The summed E-state index contributed by atoms with van der Waals surface area (Å²) in [6.45, 7) is 0. The zero-order valence-electron chi connectivity index (χ0n) is 9.77.